The van der Waals surface area contributed by atoms with Gasteiger partial charge in [0.2, 0.25) is 0 Å². The molecule has 26 heavy (non-hydrogen) atoms. The van der Waals surface area contributed by atoms with Crippen LogP contribution in [0.15, 0.2) is 47.4 Å². The summed E-state index contributed by atoms with van der Waals surface area (Å²) in [5.74, 6) is -0.215. The number of carbonyl (C=O) groups excluding carboxylic acids is 1. The van der Waals surface area contributed by atoms with Crippen LogP contribution in [0, 0.1) is 6.92 Å². The molecule has 3 aromatic rings. The molecule has 136 valence electrons. The number of benzene rings is 2. The van der Waals surface area contributed by atoms with E-state index in [2.05, 4.69) is 0 Å². The van der Waals surface area contributed by atoms with Crippen molar-refractivity contribution in [3.8, 4) is 5.75 Å². The number of sulfonamides is 1. The van der Waals surface area contributed by atoms with Gasteiger partial charge in [-0.15, -0.1) is 11.3 Å². The van der Waals surface area contributed by atoms with Crippen molar-refractivity contribution < 1.29 is 17.9 Å². The van der Waals surface area contributed by atoms with E-state index < -0.39 is 15.9 Å². The average Bonchev–Trinajstić information content (AvgIpc) is 3.04. The number of aryl methyl sites for hydroxylation is 1. The lowest BCUT2D eigenvalue weighted by Gasteiger charge is -2.21. The fraction of sp³-hybridized carbons (Fsp3) is 0.167. The van der Waals surface area contributed by atoms with Gasteiger partial charge >= 0.3 is 0 Å². The number of nitrogens with zero attached hydrogens (tertiary/aromatic N) is 1. The molecule has 6 nitrogen and oxygen atoms in total. The summed E-state index contributed by atoms with van der Waals surface area (Å²) in [7, 11) is -0.893. The minimum Gasteiger partial charge on any atom is -0.495 e. The highest BCUT2D eigenvalue weighted by atomic mass is 32.2. The molecule has 0 aliphatic carbocycles. The molecule has 0 aliphatic rings. The molecule has 0 spiro atoms. The fourth-order valence-corrected chi connectivity index (χ4v) is 4.94. The first-order chi connectivity index (χ1) is 12.2. The number of carbonyl (C=O) groups is 1. The number of nitrogens with two attached hydrogens (primary N) is 1. The van der Waals surface area contributed by atoms with Gasteiger partial charge in [-0.2, -0.15) is 0 Å². The van der Waals surface area contributed by atoms with Crippen LogP contribution in [-0.4, -0.2) is 28.5 Å². The number of methoxy groups -OCH3 is 1. The van der Waals surface area contributed by atoms with E-state index in [0.717, 1.165) is 15.6 Å². The average molecular weight is 390 g/mol. The zero-order valence-corrected chi connectivity index (χ0v) is 16.1. The van der Waals surface area contributed by atoms with Gasteiger partial charge in [0.25, 0.3) is 15.9 Å². The van der Waals surface area contributed by atoms with Crippen molar-refractivity contribution >= 4 is 43.0 Å². The third kappa shape index (κ3) is 3.13. The predicted octanol–water partition coefficient (Wildman–Crippen LogP) is 3.14. The first-order valence-corrected chi connectivity index (χ1v) is 9.96. The summed E-state index contributed by atoms with van der Waals surface area (Å²) >= 11 is 1.28. The lowest BCUT2D eigenvalue weighted by Crippen LogP contribution is -2.27. The second kappa shape index (κ2) is 6.62. The number of hydrogen-bond donors (Lipinski definition) is 1. The van der Waals surface area contributed by atoms with Crippen LogP contribution in [-0.2, 0) is 10.0 Å². The molecule has 1 heterocycles. The number of ether oxygens (including phenoxy) is 1. The Bertz CT molecular complexity index is 1100. The van der Waals surface area contributed by atoms with Gasteiger partial charge in [-0.25, -0.2) is 8.42 Å². The van der Waals surface area contributed by atoms with Crippen molar-refractivity contribution in [3.05, 3.63) is 52.9 Å². The van der Waals surface area contributed by atoms with Crippen LogP contribution in [0.3, 0.4) is 0 Å². The largest absolute Gasteiger partial charge is 0.495 e. The van der Waals surface area contributed by atoms with E-state index in [-0.39, 0.29) is 10.6 Å². The Balaban J connectivity index is 2.08. The van der Waals surface area contributed by atoms with Crippen LogP contribution in [0.1, 0.15) is 15.2 Å². The third-order valence-electron chi connectivity index (χ3n) is 4.06. The Kier molecular flexibility index (Phi) is 4.64. The van der Waals surface area contributed by atoms with Crippen LogP contribution in [0.4, 0.5) is 5.69 Å². The Hall–Kier alpha value is -2.58. The SMILES string of the molecule is COc1ccc(C)cc1S(=O)(=O)N(C)c1ccc2sc(C(N)=O)cc2c1. The van der Waals surface area contributed by atoms with Crippen molar-refractivity contribution in [2.75, 3.05) is 18.5 Å². The Morgan fingerprint density at radius 3 is 2.54 bits per heavy atom. The molecule has 1 amide bonds. The Morgan fingerprint density at radius 1 is 1.15 bits per heavy atom. The van der Waals surface area contributed by atoms with E-state index in [1.165, 1.54) is 29.8 Å². The molecule has 0 unspecified atom stereocenters. The monoisotopic (exact) mass is 390 g/mol. The maximum absolute atomic E-state index is 13.1. The molecular formula is C18H18N2O4S2. The summed E-state index contributed by atoms with van der Waals surface area (Å²) in [6.07, 6.45) is 0. The van der Waals surface area contributed by atoms with Crippen molar-refractivity contribution in [2.24, 2.45) is 5.73 Å². The van der Waals surface area contributed by atoms with E-state index in [1.807, 2.05) is 6.92 Å². The van der Waals surface area contributed by atoms with Gasteiger partial charge in [-0.1, -0.05) is 6.07 Å². The quantitative estimate of drug-likeness (QED) is 0.725. The minimum atomic E-state index is -3.82. The molecule has 0 atom stereocenters. The molecule has 3 rings (SSSR count). The number of primary amides is 1. The van der Waals surface area contributed by atoms with Gasteiger partial charge in [0.1, 0.15) is 10.6 Å². The van der Waals surface area contributed by atoms with Crippen molar-refractivity contribution in [1.29, 1.82) is 0 Å². The third-order valence-corrected chi connectivity index (χ3v) is 7.00. The van der Waals surface area contributed by atoms with E-state index in [0.29, 0.717) is 10.6 Å². The summed E-state index contributed by atoms with van der Waals surface area (Å²) in [5.41, 5.74) is 6.62. The highest BCUT2D eigenvalue weighted by Gasteiger charge is 2.25. The van der Waals surface area contributed by atoms with Crippen LogP contribution in [0.2, 0.25) is 0 Å². The van der Waals surface area contributed by atoms with Gasteiger partial charge in [0, 0.05) is 11.7 Å². The first-order valence-electron chi connectivity index (χ1n) is 7.71. The fourth-order valence-electron chi connectivity index (χ4n) is 2.62. The van der Waals surface area contributed by atoms with E-state index >= 15 is 0 Å². The molecule has 2 N–H and O–H groups in total. The van der Waals surface area contributed by atoms with Gasteiger partial charge in [0.15, 0.2) is 0 Å². The van der Waals surface area contributed by atoms with E-state index in [1.54, 1.807) is 42.5 Å². The summed E-state index contributed by atoms with van der Waals surface area (Å²) in [5, 5.41) is 0.763. The van der Waals surface area contributed by atoms with Crippen LogP contribution < -0.4 is 14.8 Å². The zero-order valence-electron chi connectivity index (χ0n) is 14.5. The molecule has 0 saturated heterocycles. The highest BCUT2D eigenvalue weighted by Crippen LogP contribution is 2.33. The number of fused-ring (bicyclic) bond motifs is 1. The highest BCUT2D eigenvalue weighted by molar-refractivity contribution is 7.93. The Morgan fingerprint density at radius 2 is 1.88 bits per heavy atom. The summed E-state index contributed by atoms with van der Waals surface area (Å²) in [4.78, 5) is 11.9. The number of rotatable bonds is 5. The van der Waals surface area contributed by atoms with Crippen molar-refractivity contribution in [2.45, 2.75) is 11.8 Å². The number of amides is 1. The van der Waals surface area contributed by atoms with Crippen LogP contribution in [0.5, 0.6) is 5.75 Å². The number of hydrogen-bond acceptors (Lipinski definition) is 5. The van der Waals surface area contributed by atoms with Gasteiger partial charge < -0.3 is 10.5 Å². The van der Waals surface area contributed by atoms with Gasteiger partial charge in [-0.05, 0) is 54.3 Å². The normalized spacial score (nSPS) is 11.5. The van der Waals surface area contributed by atoms with Crippen LogP contribution in [0.25, 0.3) is 10.1 Å². The zero-order chi connectivity index (χ0) is 19.1. The topological polar surface area (TPSA) is 89.7 Å². The second-order valence-corrected chi connectivity index (χ2v) is 8.85. The molecule has 2 aromatic carbocycles. The molecule has 0 saturated carbocycles. The van der Waals surface area contributed by atoms with E-state index in [4.69, 9.17) is 10.5 Å². The van der Waals surface area contributed by atoms with E-state index in [9.17, 15) is 13.2 Å². The van der Waals surface area contributed by atoms with Gasteiger partial charge in [0.05, 0.1) is 17.7 Å². The smallest absolute Gasteiger partial charge is 0.267 e. The van der Waals surface area contributed by atoms with Gasteiger partial charge in [-0.3, -0.25) is 9.10 Å². The summed E-state index contributed by atoms with van der Waals surface area (Å²) in [6.45, 7) is 1.82. The Labute approximate surface area is 155 Å². The predicted molar refractivity (Wildman–Crippen MR) is 104 cm³/mol. The molecule has 8 heteroatoms. The standard InChI is InChI=1S/C18H18N2O4S2/c1-11-4-6-14(24-3)17(8-11)26(22,23)20(2)13-5-7-15-12(9-13)10-16(25-15)18(19)21/h4-10H,1-3H3,(H2,19,21). The second-order valence-electron chi connectivity index (χ2n) is 5.82. The minimum absolute atomic E-state index is 0.103. The molecule has 1 aromatic heterocycles. The molecule has 0 fully saturated rings. The lowest BCUT2D eigenvalue weighted by molar-refractivity contribution is 0.100. The molecular weight excluding hydrogens is 372 g/mol. The first kappa shape index (κ1) is 18.2. The van der Waals surface area contributed by atoms with Crippen LogP contribution >= 0.6 is 11.3 Å². The summed E-state index contributed by atoms with van der Waals surface area (Å²) < 4.78 is 33.5. The molecule has 0 aliphatic heterocycles. The summed E-state index contributed by atoms with van der Waals surface area (Å²) in [6, 6.07) is 11.9. The number of thiophene rings is 1. The van der Waals surface area contributed by atoms with Crippen molar-refractivity contribution in [1.82, 2.24) is 0 Å². The maximum Gasteiger partial charge on any atom is 0.267 e. The lowest BCUT2D eigenvalue weighted by atomic mass is 10.2. The molecule has 0 bridgehead atoms. The van der Waals surface area contributed by atoms with Crippen molar-refractivity contribution in [3.63, 3.8) is 0 Å². The number of anilines is 1. The molecule has 0 radical (unpaired) electrons. The maximum atomic E-state index is 13.1.